The van der Waals surface area contributed by atoms with Gasteiger partial charge in [0.05, 0.1) is 0 Å². The fourth-order valence-corrected chi connectivity index (χ4v) is 2.07. The molecule has 1 aromatic carbocycles. The van der Waals surface area contributed by atoms with Gasteiger partial charge in [0.2, 0.25) is 0 Å². The van der Waals surface area contributed by atoms with Crippen molar-refractivity contribution in [2.24, 2.45) is 0 Å². The second-order valence-electron chi connectivity index (χ2n) is 4.21. The van der Waals surface area contributed by atoms with Crippen molar-refractivity contribution in [3.05, 3.63) is 64.7 Å². The number of allylic oxidation sites excluding steroid dienone is 1. The molecule has 0 amide bonds. The molecule has 2 aromatic rings. The Morgan fingerprint density at radius 2 is 2.05 bits per heavy atom. The van der Waals surface area contributed by atoms with Gasteiger partial charge in [-0.2, -0.15) is 0 Å². The first-order valence-corrected chi connectivity index (χ1v) is 6.53. The second kappa shape index (κ2) is 6.34. The molecule has 0 saturated heterocycles. The molecule has 0 saturated carbocycles. The predicted octanol–water partition coefficient (Wildman–Crippen LogP) is 3.53. The van der Waals surface area contributed by atoms with E-state index in [1.807, 2.05) is 36.4 Å². The number of halogens is 1. The Balaban J connectivity index is 2.40. The third-order valence-corrected chi connectivity index (χ3v) is 2.98. The summed E-state index contributed by atoms with van der Waals surface area (Å²) in [5, 5.41) is 0.331. The van der Waals surface area contributed by atoms with Crippen molar-refractivity contribution in [2.45, 2.75) is 19.4 Å². The summed E-state index contributed by atoms with van der Waals surface area (Å²) in [6, 6.07) is 9.36. The van der Waals surface area contributed by atoms with E-state index in [0.717, 1.165) is 18.4 Å². The van der Waals surface area contributed by atoms with Crippen LogP contribution in [0.5, 0.6) is 0 Å². The summed E-state index contributed by atoms with van der Waals surface area (Å²) in [4.78, 5) is 16.5. The molecule has 0 radical (unpaired) electrons. The third-order valence-electron chi connectivity index (χ3n) is 2.80. The second-order valence-corrected chi connectivity index (χ2v) is 4.59. The highest BCUT2D eigenvalue weighted by molar-refractivity contribution is 6.29. The first kappa shape index (κ1) is 13.6. The van der Waals surface area contributed by atoms with Gasteiger partial charge >= 0.3 is 0 Å². The fourth-order valence-electron chi connectivity index (χ4n) is 1.86. The van der Waals surface area contributed by atoms with Crippen LogP contribution >= 0.6 is 11.6 Å². The van der Waals surface area contributed by atoms with Crippen LogP contribution in [0.15, 0.2) is 54.0 Å². The van der Waals surface area contributed by atoms with E-state index in [-0.39, 0.29) is 5.56 Å². The van der Waals surface area contributed by atoms with E-state index in [2.05, 4.69) is 11.6 Å². The number of hydrogen-bond acceptors (Lipinski definition) is 2. The predicted molar refractivity (Wildman–Crippen MR) is 78.4 cm³/mol. The minimum absolute atomic E-state index is 0.111. The Kier molecular flexibility index (Phi) is 4.53. The van der Waals surface area contributed by atoms with Crippen molar-refractivity contribution in [3.63, 3.8) is 0 Å². The van der Waals surface area contributed by atoms with Crippen LogP contribution in [0.2, 0.25) is 5.15 Å². The lowest BCUT2D eigenvalue weighted by molar-refractivity contribution is 0.626. The summed E-state index contributed by atoms with van der Waals surface area (Å²) in [6.45, 7) is 4.29. The fraction of sp³-hybridized carbons (Fsp3) is 0.200. The number of nitrogens with zero attached hydrogens (tertiary/aromatic N) is 2. The van der Waals surface area contributed by atoms with Crippen LogP contribution in [0.25, 0.3) is 11.3 Å². The molecule has 0 spiro atoms. The summed E-state index contributed by atoms with van der Waals surface area (Å²) in [5.74, 6) is 0. The topological polar surface area (TPSA) is 34.9 Å². The van der Waals surface area contributed by atoms with Crippen molar-refractivity contribution in [2.75, 3.05) is 0 Å². The maximum atomic E-state index is 12.3. The molecule has 4 heteroatoms. The zero-order valence-corrected chi connectivity index (χ0v) is 11.3. The van der Waals surface area contributed by atoms with Gasteiger partial charge in [0.15, 0.2) is 0 Å². The summed E-state index contributed by atoms with van der Waals surface area (Å²) < 4.78 is 1.61. The minimum Gasteiger partial charge on any atom is -0.311 e. The van der Waals surface area contributed by atoms with Gasteiger partial charge in [0, 0.05) is 18.3 Å². The van der Waals surface area contributed by atoms with Crippen molar-refractivity contribution in [1.82, 2.24) is 9.55 Å². The summed E-state index contributed by atoms with van der Waals surface area (Å²) in [5.41, 5.74) is 1.07. The number of unbranched alkanes of at least 4 members (excludes halogenated alkanes) is 1. The quantitative estimate of drug-likeness (QED) is 0.617. The Morgan fingerprint density at radius 3 is 2.74 bits per heavy atom. The molecule has 2 rings (SSSR count). The van der Waals surface area contributed by atoms with Crippen molar-refractivity contribution in [3.8, 4) is 11.3 Å². The van der Waals surface area contributed by atoms with E-state index < -0.39 is 0 Å². The maximum absolute atomic E-state index is 12.3. The van der Waals surface area contributed by atoms with Gasteiger partial charge in [-0.05, 0) is 12.8 Å². The van der Waals surface area contributed by atoms with Gasteiger partial charge in [-0.15, -0.1) is 6.58 Å². The lowest BCUT2D eigenvalue weighted by Crippen LogP contribution is -2.22. The van der Waals surface area contributed by atoms with Crippen molar-refractivity contribution < 1.29 is 0 Å². The number of benzene rings is 1. The minimum atomic E-state index is -0.111. The molecule has 0 aliphatic heterocycles. The van der Waals surface area contributed by atoms with Crippen molar-refractivity contribution in [1.29, 1.82) is 0 Å². The molecule has 19 heavy (non-hydrogen) atoms. The third kappa shape index (κ3) is 3.32. The summed E-state index contributed by atoms with van der Waals surface area (Å²) >= 11 is 5.99. The normalized spacial score (nSPS) is 10.4. The van der Waals surface area contributed by atoms with E-state index in [0.29, 0.717) is 17.4 Å². The average molecular weight is 275 g/mol. The molecular formula is C15H15ClN2O. The molecule has 0 N–H and O–H groups in total. The van der Waals surface area contributed by atoms with Gasteiger partial charge in [0.25, 0.3) is 5.56 Å². The van der Waals surface area contributed by atoms with Crippen LogP contribution in [0.3, 0.4) is 0 Å². The molecule has 1 heterocycles. The SMILES string of the molecule is C=CCCCn1cc(Cl)nc(-c2ccccc2)c1=O. The Hall–Kier alpha value is -1.87. The summed E-state index contributed by atoms with van der Waals surface area (Å²) in [7, 11) is 0. The number of hydrogen-bond donors (Lipinski definition) is 0. The molecule has 0 atom stereocenters. The zero-order valence-electron chi connectivity index (χ0n) is 10.6. The van der Waals surface area contributed by atoms with Crippen LogP contribution < -0.4 is 5.56 Å². The molecule has 0 aliphatic carbocycles. The van der Waals surface area contributed by atoms with Crippen LogP contribution in [0, 0.1) is 0 Å². The van der Waals surface area contributed by atoms with Crippen LogP contribution in [0.4, 0.5) is 0 Å². The Labute approximate surface area is 117 Å². The first-order chi connectivity index (χ1) is 9.22. The standard InChI is InChI=1S/C15H15ClN2O/c1-2-3-7-10-18-11-13(16)17-14(15(18)19)12-8-5-4-6-9-12/h2,4-6,8-9,11H,1,3,7,10H2. The molecule has 0 bridgehead atoms. The van der Waals surface area contributed by atoms with E-state index in [4.69, 9.17) is 11.6 Å². The van der Waals surface area contributed by atoms with Gasteiger partial charge in [-0.3, -0.25) is 4.79 Å². The number of aromatic nitrogens is 2. The number of rotatable bonds is 5. The van der Waals surface area contributed by atoms with Crippen LogP contribution in [-0.4, -0.2) is 9.55 Å². The lowest BCUT2D eigenvalue weighted by Gasteiger charge is -2.08. The van der Waals surface area contributed by atoms with Crippen LogP contribution in [0.1, 0.15) is 12.8 Å². The zero-order chi connectivity index (χ0) is 13.7. The Bertz CT molecular complexity index is 620. The highest BCUT2D eigenvalue weighted by Gasteiger charge is 2.09. The van der Waals surface area contributed by atoms with Gasteiger partial charge in [-0.25, -0.2) is 4.98 Å². The lowest BCUT2D eigenvalue weighted by atomic mass is 10.1. The van der Waals surface area contributed by atoms with E-state index >= 15 is 0 Å². The highest BCUT2D eigenvalue weighted by Crippen LogP contribution is 2.14. The molecular weight excluding hydrogens is 260 g/mol. The van der Waals surface area contributed by atoms with E-state index in [1.165, 1.54) is 0 Å². The maximum Gasteiger partial charge on any atom is 0.277 e. The molecule has 98 valence electrons. The van der Waals surface area contributed by atoms with Crippen LogP contribution in [-0.2, 0) is 6.54 Å². The highest BCUT2D eigenvalue weighted by atomic mass is 35.5. The monoisotopic (exact) mass is 274 g/mol. The average Bonchev–Trinajstić information content (AvgIpc) is 2.43. The molecule has 0 unspecified atom stereocenters. The molecule has 0 aliphatic rings. The molecule has 0 fully saturated rings. The first-order valence-electron chi connectivity index (χ1n) is 6.15. The Morgan fingerprint density at radius 1 is 1.32 bits per heavy atom. The van der Waals surface area contributed by atoms with Gasteiger partial charge in [0.1, 0.15) is 10.8 Å². The van der Waals surface area contributed by atoms with Gasteiger partial charge < -0.3 is 4.57 Å². The largest absolute Gasteiger partial charge is 0.311 e. The smallest absolute Gasteiger partial charge is 0.277 e. The van der Waals surface area contributed by atoms with Gasteiger partial charge in [-0.1, -0.05) is 48.0 Å². The molecule has 1 aromatic heterocycles. The van der Waals surface area contributed by atoms with Crippen molar-refractivity contribution >= 4 is 11.6 Å². The summed E-state index contributed by atoms with van der Waals surface area (Å²) in [6.07, 6.45) is 5.15. The van der Waals surface area contributed by atoms with E-state index in [1.54, 1.807) is 10.8 Å². The molecule has 3 nitrogen and oxygen atoms in total. The van der Waals surface area contributed by atoms with E-state index in [9.17, 15) is 4.79 Å². The number of aryl methyl sites for hydroxylation is 1.